The van der Waals surface area contributed by atoms with Gasteiger partial charge in [-0.3, -0.25) is 4.98 Å². The number of aromatic nitrogens is 1. The SMILES string of the molecule is CCC(O)(C(=O)O)C1=C(C)CN(Cc2cnc3ccccc3c2)C=C1. The third kappa shape index (κ3) is 3.28. The van der Waals surface area contributed by atoms with Crippen LogP contribution >= 0.6 is 0 Å². The van der Waals surface area contributed by atoms with Gasteiger partial charge in [-0.25, -0.2) is 4.79 Å². The minimum absolute atomic E-state index is 0.133. The summed E-state index contributed by atoms with van der Waals surface area (Å²) in [4.78, 5) is 18.0. The highest BCUT2D eigenvalue weighted by Crippen LogP contribution is 2.29. The van der Waals surface area contributed by atoms with E-state index in [0.717, 1.165) is 22.0 Å². The summed E-state index contributed by atoms with van der Waals surface area (Å²) in [6, 6.07) is 10.1. The van der Waals surface area contributed by atoms with Crippen LogP contribution in [0.15, 0.2) is 60.0 Å². The minimum Gasteiger partial charge on any atom is -0.479 e. The number of hydrogen-bond donors (Lipinski definition) is 2. The van der Waals surface area contributed by atoms with E-state index >= 15 is 0 Å². The van der Waals surface area contributed by atoms with E-state index in [1.54, 1.807) is 13.0 Å². The second-order valence-electron chi connectivity index (χ2n) is 6.47. The topological polar surface area (TPSA) is 73.7 Å². The quantitative estimate of drug-likeness (QED) is 0.876. The summed E-state index contributed by atoms with van der Waals surface area (Å²) in [5.74, 6) is -1.21. The standard InChI is InChI=1S/C20H22N2O3/c1-3-20(25,19(23)24)17-8-9-22(12-14(17)2)13-15-10-16-6-4-5-7-18(16)21-11-15/h4-11,25H,3,12-13H2,1-2H3,(H,23,24). The van der Waals surface area contributed by atoms with Gasteiger partial charge in [-0.2, -0.15) is 0 Å². The number of carbonyl (C=O) groups is 1. The first kappa shape index (κ1) is 17.2. The molecule has 1 aliphatic heterocycles. The van der Waals surface area contributed by atoms with Crippen LogP contribution in [0.1, 0.15) is 25.8 Å². The average Bonchev–Trinajstić information content (AvgIpc) is 2.61. The van der Waals surface area contributed by atoms with Gasteiger partial charge in [0.05, 0.1) is 5.52 Å². The Morgan fingerprint density at radius 1 is 1.36 bits per heavy atom. The third-order valence-corrected chi connectivity index (χ3v) is 4.70. The fraction of sp³-hybridized carbons (Fsp3) is 0.300. The number of fused-ring (bicyclic) bond motifs is 1. The minimum atomic E-state index is -1.82. The molecule has 1 aliphatic rings. The molecule has 0 radical (unpaired) electrons. The summed E-state index contributed by atoms with van der Waals surface area (Å²) in [5, 5.41) is 20.9. The Morgan fingerprint density at radius 3 is 2.80 bits per heavy atom. The maximum Gasteiger partial charge on any atom is 0.340 e. The van der Waals surface area contributed by atoms with Gasteiger partial charge in [-0.15, -0.1) is 0 Å². The number of aliphatic carboxylic acids is 1. The number of rotatable bonds is 5. The van der Waals surface area contributed by atoms with Crippen LogP contribution in [0.4, 0.5) is 0 Å². The zero-order chi connectivity index (χ0) is 18.0. The average molecular weight is 338 g/mol. The molecule has 3 rings (SSSR count). The van der Waals surface area contributed by atoms with Crippen LogP contribution in [0.3, 0.4) is 0 Å². The fourth-order valence-corrected chi connectivity index (χ4v) is 3.26. The second-order valence-corrected chi connectivity index (χ2v) is 6.47. The van der Waals surface area contributed by atoms with Crippen molar-refractivity contribution in [2.24, 2.45) is 0 Å². The van der Waals surface area contributed by atoms with Crippen LogP contribution < -0.4 is 0 Å². The van der Waals surface area contributed by atoms with Crippen molar-refractivity contribution in [1.29, 1.82) is 0 Å². The number of carboxylic acids is 1. The Morgan fingerprint density at radius 2 is 2.12 bits per heavy atom. The molecule has 5 heteroatoms. The Hall–Kier alpha value is -2.66. The van der Waals surface area contributed by atoms with Gasteiger partial charge in [0.2, 0.25) is 0 Å². The first-order chi connectivity index (χ1) is 11.9. The molecule has 0 amide bonds. The van der Waals surface area contributed by atoms with Crippen molar-refractivity contribution in [1.82, 2.24) is 9.88 Å². The first-order valence-corrected chi connectivity index (χ1v) is 8.36. The maximum absolute atomic E-state index is 11.5. The zero-order valence-corrected chi connectivity index (χ0v) is 14.4. The molecule has 1 aromatic heterocycles. The molecule has 2 aromatic rings. The van der Waals surface area contributed by atoms with E-state index in [4.69, 9.17) is 0 Å². The van der Waals surface area contributed by atoms with Crippen LogP contribution in [0.5, 0.6) is 0 Å². The van der Waals surface area contributed by atoms with E-state index < -0.39 is 11.6 Å². The van der Waals surface area contributed by atoms with E-state index in [1.165, 1.54) is 0 Å². The lowest BCUT2D eigenvalue weighted by atomic mass is 9.86. The van der Waals surface area contributed by atoms with Gasteiger partial charge in [0, 0.05) is 30.9 Å². The maximum atomic E-state index is 11.5. The van der Waals surface area contributed by atoms with Gasteiger partial charge in [0.15, 0.2) is 5.60 Å². The van der Waals surface area contributed by atoms with Crippen molar-refractivity contribution < 1.29 is 15.0 Å². The monoisotopic (exact) mass is 338 g/mol. The van der Waals surface area contributed by atoms with Gasteiger partial charge in [0.25, 0.3) is 0 Å². The lowest BCUT2D eigenvalue weighted by Gasteiger charge is -2.32. The van der Waals surface area contributed by atoms with E-state index in [-0.39, 0.29) is 6.42 Å². The predicted octanol–water partition coefficient (Wildman–Crippen LogP) is 3.11. The normalized spacial score (nSPS) is 17.0. The highest BCUT2D eigenvalue weighted by molar-refractivity contribution is 5.83. The smallest absolute Gasteiger partial charge is 0.340 e. The Labute approximate surface area is 146 Å². The number of hydrogen-bond acceptors (Lipinski definition) is 4. The number of carboxylic acid groups (broad SMARTS) is 1. The summed E-state index contributed by atoms with van der Waals surface area (Å²) in [7, 11) is 0. The molecule has 0 saturated heterocycles. The number of benzene rings is 1. The molecule has 1 unspecified atom stereocenters. The molecule has 0 spiro atoms. The van der Waals surface area contributed by atoms with Gasteiger partial charge in [-0.1, -0.05) is 25.1 Å². The summed E-state index contributed by atoms with van der Waals surface area (Å²) in [6.45, 7) is 4.80. The Balaban J connectivity index is 1.79. The van der Waals surface area contributed by atoms with Crippen molar-refractivity contribution in [3.63, 3.8) is 0 Å². The van der Waals surface area contributed by atoms with Crippen molar-refractivity contribution in [3.05, 3.63) is 65.5 Å². The van der Waals surface area contributed by atoms with E-state index in [0.29, 0.717) is 18.7 Å². The fourth-order valence-electron chi connectivity index (χ4n) is 3.26. The molecule has 2 N–H and O–H groups in total. The molecule has 130 valence electrons. The highest BCUT2D eigenvalue weighted by atomic mass is 16.4. The van der Waals surface area contributed by atoms with E-state index in [9.17, 15) is 15.0 Å². The van der Waals surface area contributed by atoms with Gasteiger partial charge < -0.3 is 15.1 Å². The number of nitrogens with zero attached hydrogens (tertiary/aromatic N) is 2. The summed E-state index contributed by atoms with van der Waals surface area (Å²) in [6.07, 6.45) is 5.56. The second kappa shape index (κ2) is 6.69. The van der Waals surface area contributed by atoms with Crippen LogP contribution in [0.2, 0.25) is 0 Å². The van der Waals surface area contributed by atoms with Gasteiger partial charge in [-0.05, 0) is 48.3 Å². The lowest BCUT2D eigenvalue weighted by Crippen LogP contribution is -2.41. The summed E-state index contributed by atoms with van der Waals surface area (Å²) in [5.41, 5.74) is 1.58. The summed E-state index contributed by atoms with van der Waals surface area (Å²) >= 11 is 0. The molecule has 0 aliphatic carbocycles. The van der Waals surface area contributed by atoms with Crippen LogP contribution in [0, 0.1) is 0 Å². The summed E-state index contributed by atoms with van der Waals surface area (Å²) < 4.78 is 0. The number of pyridine rings is 1. The lowest BCUT2D eigenvalue weighted by molar-refractivity contribution is -0.154. The molecule has 5 nitrogen and oxygen atoms in total. The van der Waals surface area contributed by atoms with E-state index in [2.05, 4.69) is 16.0 Å². The van der Waals surface area contributed by atoms with Crippen molar-refractivity contribution >= 4 is 16.9 Å². The molecule has 0 bridgehead atoms. The number of para-hydroxylation sites is 1. The van der Waals surface area contributed by atoms with Crippen LogP contribution in [0.25, 0.3) is 10.9 Å². The third-order valence-electron chi connectivity index (χ3n) is 4.70. The Kier molecular flexibility index (Phi) is 4.59. The molecule has 1 atom stereocenters. The zero-order valence-electron chi connectivity index (χ0n) is 14.4. The van der Waals surface area contributed by atoms with Crippen LogP contribution in [-0.4, -0.2) is 38.2 Å². The molecule has 25 heavy (non-hydrogen) atoms. The first-order valence-electron chi connectivity index (χ1n) is 8.36. The Bertz CT molecular complexity index is 872. The van der Waals surface area contributed by atoms with Crippen molar-refractivity contribution in [2.45, 2.75) is 32.4 Å². The van der Waals surface area contributed by atoms with Crippen LogP contribution in [-0.2, 0) is 11.3 Å². The van der Waals surface area contributed by atoms with E-state index in [1.807, 2.05) is 43.6 Å². The van der Waals surface area contributed by atoms with Crippen molar-refractivity contribution in [3.8, 4) is 0 Å². The largest absolute Gasteiger partial charge is 0.479 e. The molecule has 0 saturated carbocycles. The van der Waals surface area contributed by atoms with Gasteiger partial charge in [0.1, 0.15) is 0 Å². The number of aliphatic hydroxyl groups is 1. The molecule has 1 aromatic carbocycles. The molecular formula is C20H22N2O3. The highest BCUT2D eigenvalue weighted by Gasteiger charge is 2.39. The molecule has 2 heterocycles. The predicted molar refractivity (Wildman–Crippen MR) is 96.9 cm³/mol. The van der Waals surface area contributed by atoms with Gasteiger partial charge >= 0.3 is 5.97 Å². The molecular weight excluding hydrogens is 316 g/mol. The van der Waals surface area contributed by atoms with Crippen molar-refractivity contribution in [2.75, 3.05) is 6.54 Å². The molecule has 0 fully saturated rings.